The molecule has 19 heavy (non-hydrogen) atoms. The van der Waals surface area contributed by atoms with Crippen LogP contribution in [0.5, 0.6) is 0 Å². The van der Waals surface area contributed by atoms with E-state index >= 15 is 0 Å². The SMILES string of the molecule is Cn1nccc1CNc1c(Cl)cc(Cl)c2nsnc12. The molecule has 8 heteroatoms. The Labute approximate surface area is 123 Å². The molecule has 0 amide bonds. The Bertz CT molecular complexity index is 736. The van der Waals surface area contributed by atoms with Gasteiger partial charge in [0.15, 0.2) is 0 Å². The van der Waals surface area contributed by atoms with Crippen molar-refractivity contribution in [2.24, 2.45) is 7.05 Å². The van der Waals surface area contributed by atoms with E-state index in [-0.39, 0.29) is 0 Å². The van der Waals surface area contributed by atoms with Crippen LogP contribution >= 0.6 is 34.9 Å². The molecular formula is C11H9Cl2N5S. The molecule has 0 fully saturated rings. The predicted octanol–water partition coefficient (Wildman–Crippen LogP) is 3.34. The minimum absolute atomic E-state index is 0.514. The van der Waals surface area contributed by atoms with Crippen LogP contribution in [0.25, 0.3) is 11.0 Å². The molecule has 2 aromatic heterocycles. The van der Waals surface area contributed by atoms with E-state index in [9.17, 15) is 0 Å². The summed E-state index contributed by atoms with van der Waals surface area (Å²) in [5, 5.41) is 8.43. The smallest absolute Gasteiger partial charge is 0.130 e. The summed E-state index contributed by atoms with van der Waals surface area (Å²) < 4.78 is 10.2. The highest BCUT2D eigenvalue weighted by Gasteiger charge is 2.14. The average Bonchev–Trinajstić information content (AvgIpc) is 2.98. The van der Waals surface area contributed by atoms with E-state index in [1.807, 2.05) is 13.1 Å². The molecule has 3 rings (SSSR count). The van der Waals surface area contributed by atoms with E-state index in [1.165, 1.54) is 0 Å². The molecule has 5 nitrogen and oxygen atoms in total. The average molecular weight is 314 g/mol. The molecule has 0 aliphatic carbocycles. The van der Waals surface area contributed by atoms with Crippen LogP contribution in [0, 0.1) is 0 Å². The normalized spacial score (nSPS) is 11.1. The van der Waals surface area contributed by atoms with E-state index < -0.39 is 0 Å². The second-order valence-corrected chi connectivity index (χ2v) is 5.32. The van der Waals surface area contributed by atoms with Crippen molar-refractivity contribution in [2.45, 2.75) is 6.54 Å². The number of hydrogen-bond acceptors (Lipinski definition) is 5. The van der Waals surface area contributed by atoms with E-state index in [1.54, 1.807) is 16.9 Å². The van der Waals surface area contributed by atoms with Gasteiger partial charge in [0.25, 0.3) is 0 Å². The van der Waals surface area contributed by atoms with E-state index in [0.717, 1.165) is 23.1 Å². The molecule has 0 saturated heterocycles. The van der Waals surface area contributed by atoms with Gasteiger partial charge in [0.1, 0.15) is 11.0 Å². The molecule has 1 N–H and O–H groups in total. The number of benzene rings is 1. The summed E-state index contributed by atoms with van der Waals surface area (Å²) in [4.78, 5) is 0. The minimum atomic E-state index is 0.514. The Balaban J connectivity index is 1.97. The molecule has 0 bridgehead atoms. The van der Waals surface area contributed by atoms with Gasteiger partial charge in [-0.1, -0.05) is 23.2 Å². The monoisotopic (exact) mass is 313 g/mol. The van der Waals surface area contributed by atoms with Crippen LogP contribution in [0.2, 0.25) is 10.0 Å². The van der Waals surface area contributed by atoms with Crippen LogP contribution < -0.4 is 5.32 Å². The van der Waals surface area contributed by atoms with Gasteiger partial charge >= 0.3 is 0 Å². The van der Waals surface area contributed by atoms with Crippen molar-refractivity contribution in [1.82, 2.24) is 18.5 Å². The van der Waals surface area contributed by atoms with Crippen molar-refractivity contribution < 1.29 is 0 Å². The molecule has 1 aromatic carbocycles. The summed E-state index contributed by atoms with van der Waals surface area (Å²) in [6.07, 6.45) is 1.75. The van der Waals surface area contributed by atoms with E-state index in [4.69, 9.17) is 23.2 Å². The summed E-state index contributed by atoms with van der Waals surface area (Å²) in [6, 6.07) is 3.62. The summed E-state index contributed by atoms with van der Waals surface area (Å²) >= 11 is 13.4. The Kier molecular flexibility index (Phi) is 3.30. The number of fused-ring (bicyclic) bond motifs is 1. The molecule has 0 spiro atoms. The molecule has 98 valence electrons. The number of halogens is 2. The van der Waals surface area contributed by atoms with Crippen molar-refractivity contribution in [3.8, 4) is 0 Å². The zero-order chi connectivity index (χ0) is 13.4. The van der Waals surface area contributed by atoms with Crippen LogP contribution in [0.1, 0.15) is 5.69 Å². The van der Waals surface area contributed by atoms with Crippen molar-refractivity contribution >= 4 is 51.7 Å². The zero-order valence-electron chi connectivity index (χ0n) is 9.89. The van der Waals surface area contributed by atoms with Crippen molar-refractivity contribution in [1.29, 1.82) is 0 Å². The van der Waals surface area contributed by atoms with Gasteiger partial charge in [0.2, 0.25) is 0 Å². The maximum Gasteiger partial charge on any atom is 0.130 e. The fourth-order valence-corrected chi connectivity index (χ4v) is 2.97. The molecule has 0 aliphatic rings. The summed E-state index contributed by atoms with van der Waals surface area (Å²) in [5.74, 6) is 0. The number of aryl methyl sites for hydroxylation is 1. The van der Waals surface area contributed by atoms with Crippen LogP contribution in [-0.2, 0) is 13.6 Å². The number of nitrogens with zero attached hydrogens (tertiary/aromatic N) is 4. The Morgan fingerprint density at radius 1 is 1.26 bits per heavy atom. The fraction of sp³-hybridized carbons (Fsp3) is 0.182. The largest absolute Gasteiger partial charge is 0.376 e. The maximum absolute atomic E-state index is 6.21. The predicted molar refractivity (Wildman–Crippen MR) is 78.0 cm³/mol. The first-order valence-corrected chi connectivity index (χ1v) is 6.96. The third kappa shape index (κ3) is 2.27. The molecule has 2 heterocycles. The number of anilines is 1. The molecule has 0 aliphatic heterocycles. The summed E-state index contributed by atoms with van der Waals surface area (Å²) in [5.41, 5.74) is 3.16. The topological polar surface area (TPSA) is 55.6 Å². The van der Waals surface area contributed by atoms with Gasteiger partial charge in [-0.15, -0.1) is 0 Å². The van der Waals surface area contributed by atoms with Gasteiger partial charge in [-0.25, -0.2) is 0 Å². The highest BCUT2D eigenvalue weighted by atomic mass is 35.5. The lowest BCUT2D eigenvalue weighted by Gasteiger charge is -2.09. The summed E-state index contributed by atoms with van der Waals surface area (Å²) in [7, 11) is 1.89. The first-order chi connectivity index (χ1) is 9.16. The van der Waals surface area contributed by atoms with Gasteiger partial charge in [-0.3, -0.25) is 4.68 Å². The Morgan fingerprint density at radius 3 is 2.79 bits per heavy atom. The lowest BCUT2D eigenvalue weighted by Crippen LogP contribution is -2.06. The molecule has 0 radical (unpaired) electrons. The molecule has 0 saturated carbocycles. The Hall–Kier alpha value is -1.37. The van der Waals surface area contributed by atoms with Crippen molar-refractivity contribution in [3.63, 3.8) is 0 Å². The van der Waals surface area contributed by atoms with Gasteiger partial charge < -0.3 is 5.32 Å². The number of rotatable bonds is 3. The third-order valence-corrected chi connectivity index (χ3v) is 3.93. The first-order valence-electron chi connectivity index (χ1n) is 5.48. The second kappa shape index (κ2) is 4.96. The fourth-order valence-electron chi connectivity index (χ4n) is 1.80. The van der Waals surface area contributed by atoms with Gasteiger partial charge in [0, 0.05) is 13.2 Å². The number of nitrogens with one attached hydrogen (secondary N) is 1. The minimum Gasteiger partial charge on any atom is -0.376 e. The first kappa shape index (κ1) is 12.7. The highest BCUT2D eigenvalue weighted by molar-refractivity contribution is 7.00. The van der Waals surface area contributed by atoms with Gasteiger partial charge in [-0.2, -0.15) is 13.8 Å². The highest BCUT2D eigenvalue weighted by Crippen LogP contribution is 2.35. The molecule has 3 aromatic rings. The van der Waals surface area contributed by atoms with E-state index in [2.05, 4.69) is 19.2 Å². The lowest BCUT2D eigenvalue weighted by atomic mass is 10.2. The van der Waals surface area contributed by atoms with Crippen LogP contribution in [0.15, 0.2) is 18.3 Å². The van der Waals surface area contributed by atoms with Crippen molar-refractivity contribution in [2.75, 3.05) is 5.32 Å². The maximum atomic E-state index is 6.21. The second-order valence-electron chi connectivity index (χ2n) is 3.98. The zero-order valence-corrected chi connectivity index (χ0v) is 12.2. The summed E-state index contributed by atoms with van der Waals surface area (Å²) in [6.45, 7) is 0.602. The van der Waals surface area contributed by atoms with Crippen molar-refractivity contribution in [3.05, 3.63) is 34.1 Å². The van der Waals surface area contributed by atoms with Crippen LogP contribution in [0.4, 0.5) is 5.69 Å². The molecular weight excluding hydrogens is 305 g/mol. The van der Waals surface area contributed by atoms with Crippen LogP contribution in [-0.4, -0.2) is 18.5 Å². The lowest BCUT2D eigenvalue weighted by molar-refractivity contribution is 0.720. The third-order valence-electron chi connectivity index (χ3n) is 2.81. The number of aromatic nitrogens is 4. The standard InChI is InChI=1S/C11H9Cl2N5S/c1-18-6(2-3-15-18)5-14-9-7(12)4-8(13)10-11(9)17-19-16-10/h2-4,14H,5H2,1H3. The van der Waals surface area contributed by atoms with E-state index in [0.29, 0.717) is 27.6 Å². The van der Waals surface area contributed by atoms with Gasteiger partial charge in [0.05, 0.1) is 39.7 Å². The van der Waals surface area contributed by atoms with Crippen LogP contribution in [0.3, 0.4) is 0 Å². The molecule has 0 unspecified atom stereocenters. The molecule has 0 atom stereocenters. The quantitative estimate of drug-likeness (QED) is 0.805. The number of hydrogen-bond donors (Lipinski definition) is 1. The van der Waals surface area contributed by atoms with Gasteiger partial charge in [-0.05, 0) is 12.1 Å². The Morgan fingerprint density at radius 2 is 2.05 bits per heavy atom.